The topological polar surface area (TPSA) is 71.3 Å². The number of hydrogen-bond donors (Lipinski definition) is 3. The number of benzene rings is 1. The molecule has 0 saturated heterocycles. The van der Waals surface area contributed by atoms with Crippen LogP contribution in [-0.2, 0) is 6.54 Å². The van der Waals surface area contributed by atoms with Gasteiger partial charge in [-0.2, -0.15) is 0 Å². The Bertz CT molecular complexity index is 893. The molecule has 1 saturated carbocycles. The lowest BCUT2D eigenvalue weighted by Gasteiger charge is -2.35. The third-order valence-electron chi connectivity index (χ3n) is 5.63. The SMILES string of the molecule is Cc1ccccc1-n1c2c(c(=O)[nH]c1=O)C[NH+](C1CCCCC1)CN2. The molecule has 3 N–H and O–H groups in total. The summed E-state index contributed by atoms with van der Waals surface area (Å²) in [5, 5.41) is 3.39. The molecule has 4 rings (SSSR count). The largest absolute Gasteiger partial charge is 0.334 e. The van der Waals surface area contributed by atoms with E-state index in [0.717, 1.165) is 17.9 Å². The lowest BCUT2D eigenvalue weighted by molar-refractivity contribution is -0.938. The number of aromatic nitrogens is 2. The highest BCUT2D eigenvalue weighted by Crippen LogP contribution is 2.21. The molecule has 0 amide bonds. The first-order valence-corrected chi connectivity index (χ1v) is 9.18. The van der Waals surface area contributed by atoms with Crippen molar-refractivity contribution in [1.29, 1.82) is 0 Å². The Morgan fingerprint density at radius 1 is 1.12 bits per heavy atom. The number of nitrogens with zero attached hydrogens (tertiary/aromatic N) is 1. The molecule has 0 radical (unpaired) electrons. The summed E-state index contributed by atoms with van der Waals surface area (Å²) in [7, 11) is 0. The van der Waals surface area contributed by atoms with E-state index in [4.69, 9.17) is 0 Å². The highest BCUT2D eigenvalue weighted by molar-refractivity contribution is 5.53. The molecule has 2 heterocycles. The van der Waals surface area contributed by atoms with Gasteiger partial charge < -0.3 is 10.2 Å². The first kappa shape index (κ1) is 16.1. The lowest BCUT2D eigenvalue weighted by Crippen LogP contribution is -3.16. The quantitative estimate of drug-likeness (QED) is 0.761. The normalized spacial score (nSPS) is 20.8. The molecule has 2 aromatic rings. The van der Waals surface area contributed by atoms with Gasteiger partial charge in [0.15, 0.2) is 6.67 Å². The molecule has 6 nitrogen and oxygen atoms in total. The van der Waals surface area contributed by atoms with E-state index in [0.29, 0.717) is 24.0 Å². The van der Waals surface area contributed by atoms with Crippen molar-refractivity contribution in [2.75, 3.05) is 12.0 Å². The van der Waals surface area contributed by atoms with Crippen molar-refractivity contribution in [3.8, 4) is 5.69 Å². The van der Waals surface area contributed by atoms with Crippen LogP contribution in [0.4, 0.5) is 5.82 Å². The number of para-hydroxylation sites is 1. The molecule has 1 aliphatic carbocycles. The fourth-order valence-corrected chi connectivity index (χ4v) is 4.25. The summed E-state index contributed by atoms with van der Waals surface area (Å²) in [6.07, 6.45) is 6.32. The van der Waals surface area contributed by atoms with E-state index >= 15 is 0 Å². The summed E-state index contributed by atoms with van der Waals surface area (Å²) in [4.78, 5) is 28.9. The number of hydrogen-bond acceptors (Lipinski definition) is 3. The average Bonchev–Trinajstić information content (AvgIpc) is 2.64. The fraction of sp³-hybridized carbons (Fsp3) is 0.474. The van der Waals surface area contributed by atoms with Crippen molar-refractivity contribution in [3.63, 3.8) is 0 Å². The molecule has 6 heteroatoms. The van der Waals surface area contributed by atoms with E-state index < -0.39 is 0 Å². The summed E-state index contributed by atoms with van der Waals surface area (Å²) >= 11 is 0. The van der Waals surface area contributed by atoms with Crippen LogP contribution in [0.2, 0.25) is 0 Å². The zero-order chi connectivity index (χ0) is 17.4. The van der Waals surface area contributed by atoms with Gasteiger partial charge in [0.1, 0.15) is 17.9 Å². The van der Waals surface area contributed by atoms with Gasteiger partial charge in [-0.05, 0) is 44.2 Å². The second-order valence-electron chi connectivity index (χ2n) is 7.23. The van der Waals surface area contributed by atoms with Gasteiger partial charge in [-0.15, -0.1) is 0 Å². The zero-order valence-corrected chi connectivity index (χ0v) is 14.6. The highest BCUT2D eigenvalue weighted by atomic mass is 16.2. The first-order valence-electron chi connectivity index (χ1n) is 9.18. The zero-order valence-electron chi connectivity index (χ0n) is 14.6. The number of anilines is 1. The highest BCUT2D eigenvalue weighted by Gasteiger charge is 2.31. The Hall–Kier alpha value is -2.34. The number of nitrogens with one attached hydrogen (secondary N) is 3. The summed E-state index contributed by atoms with van der Waals surface area (Å²) < 4.78 is 1.61. The minimum absolute atomic E-state index is 0.259. The van der Waals surface area contributed by atoms with E-state index in [1.165, 1.54) is 37.0 Å². The van der Waals surface area contributed by atoms with Crippen LogP contribution in [0, 0.1) is 6.92 Å². The molecule has 0 spiro atoms. The van der Waals surface area contributed by atoms with Gasteiger partial charge in [-0.25, -0.2) is 9.36 Å². The van der Waals surface area contributed by atoms with Gasteiger partial charge in [-0.3, -0.25) is 9.78 Å². The van der Waals surface area contributed by atoms with Crippen molar-refractivity contribution in [3.05, 3.63) is 56.2 Å². The van der Waals surface area contributed by atoms with Crippen LogP contribution in [0.5, 0.6) is 0 Å². The van der Waals surface area contributed by atoms with Crippen molar-refractivity contribution >= 4 is 5.82 Å². The second-order valence-corrected chi connectivity index (χ2v) is 7.23. The maximum atomic E-state index is 12.5. The van der Waals surface area contributed by atoms with E-state index in [2.05, 4.69) is 10.3 Å². The Morgan fingerprint density at radius 2 is 1.88 bits per heavy atom. The van der Waals surface area contributed by atoms with Crippen molar-refractivity contribution in [2.24, 2.45) is 0 Å². The molecule has 25 heavy (non-hydrogen) atoms. The van der Waals surface area contributed by atoms with E-state index in [-0.39, 0.29) is 11.2 Å². The molecule has 1 atom stereocenters. The van der Waals surface area contributed by atoms with Crippen LogP contribution >= 0.6 is 0 Å². The molecule has 1 aromatic carbocycles. The number of H-pyrrole nitrogens is 1. The van der Waals surface area contributed by atoms with Gasteiger partial charge in [0.05, 0.1) is 11.7 Å². The molecular formula is C19H25N4O2+. The van der Waals surface area contributed by atoms with Crippen LogP contribution in [0.3, 0.4) is 0 Å². The standard InChI is InChI=1S/C19H24N4O2/c1-13-7-5-6-10-16(13)23-17-15(18(24)21-19(23)25)11-22(12-20-17)14-8-3-2-4-9-14/h5-7,10,14,20H,2-4,8-9,11-12H2,1H3,(H,21,24,25)/p+1. The third kappa shape index (κ3) is 2.91. The summed E-state index contributed by atoms with van der Waals surface area (Å²) in [5.74, 6) is 0.655. The minimum Gasteiger partial charge on any atom is -0.324 e. The molecule has 1 fully saturated rings. The van der Waals surface area contributed by atoms with E-state index in [1.807, 2.05) is 31.2 Å². The monoisotopic (exact) mass is 341 g/mol. The van der Waals surface area contributed by atoms with Crippen LogP contribution in [-0.4, -0.2) is 22.3 Å². The molecule has 1 aliphatic heterocycles. The van der Waals surface area contributed by atoms with Gasteiger partial charge in [0.2, 0.25) is 0 Å². The maximum absolute atomic E-state index is 12.5. The molecule has 0 bridgehead atoms. The lowest BCUT2D eigenvalue weighted by atomic mass is 9.94. The van der Waals surface area contributed by atoms with Crippen molar-refractivity contribution in [2.45, 2.75) is 51.6 Å². The summed E-state index contributed by atoms with van der Waals surface area (Å²) in [6.45, 7) is 3.41. The fourth-order valence-electron chi connectivity index (χ4n) is 4.25. The van der Waals surface area contributed by atoms with Crippen molar-refractivity contribution < 1.29 is 4.90 Å². The number of fused-ring (bicyclic) bond motifs is 1. The summed E-state index contributed by atoms with van der Waals surface area (Å²) in [6, 6.07) is 8.35. The van der Waals surface area contributed by atoms with E-state index in [1.54, 1.807) is 4.57 Å². The average molecular weight is 341 g/mol. The predicted molar refractivity (Wildman–Crippen MR) is 97.4 cm³/mol. The Morgan fingerprint density at radius 3 is 2.64 bits per heavy atom. The minimum atomic E-state index is -0.383. The number of aromatic amines is 1. The van der Waals surface area contributed by atoms with Crippen LogP contribution in [0.15, 0.2) is 33.9 Å². The molecular weight excluding hydrogens is 316 g/mol. The molecule has 2 aliphatic rings. The Balaban J connectivity index is 1.77. The summed E-state index contributed by atoms with van der Waals surface area (Å²) in [5.41, 5.74) is 1.86. The molecule has 132 valence electrons. The number of aryl methyl sites for hydroxylation is 1. The van der Waals surface area contributed by atoms with Gasteiger partial charge in [0.25, 0.3) is 5.56 Å². The molecule has 1 unspecified atom stereocenters. The second kappa shape index (κ2) is 6.52. The number of rotatable bonds is 2. The Labute approximate surface area is 146 Å². The van der Waals surface area contributed by atoms with Gasteiger partial charge in [-0.1, -0.05) is 24.6 Å². The van der Waals surface area contributed by atoms with Crippen LogP contribution in [0.1, 0.15) is 43.2 Å². The maximum Gasteiger partial charge on any atom is 0.334 e. The number of quaternary nitrogens is 1. The first-order chi connectivity index (χ1) is 12.1. The molecule has 1 aromatic heterocycles. The van der Waals surface area contributed by atoms with Gasteiger partial charge in [0, 0.05) is 0 Å². The van der Waals surface area contributed by atoms with Gasteiger partial charge >= 0.3 is 5.69 Å². The third-order valence-corrected chi connectivity index (χ3v) is 5.63. The van der Waals surface area contributed by atoms with Crippen LogP contribution < -0.4 is 21.5 Å². The Kier molecular flexibility index (Phi) is 4.21. The van der Waals surface area contributed by atoms with Crippen LogP contribution in [0.25, 0.3) is 5.69 Å². The van der Waals surface area contributed by atoms with Crippen molar-refractivity contribution in [1.82, 2.24) is 9.55 Å². The smallest absolute Gasteiger partial charge is 0.324 e. The predicted octanol–water partition coefficient (Wildman–Crippen LogP) is 0.935. The van der Waals surface area contributed by atoms with E-state index in [9.17, 15) is 9.59 Å².